The van der Waals surface area contributed by atoms with Crippen LogP contribution in [-0.2, 0) is 13.5 Å². The standard InChI is InChI=1S/C14H26N4/c1-15-8-6-13-5-3-4-10-18(13)11-7-14-16-9-12-17(14)2/h9,12-13,15H,3-8,10-11H2,1-2H3. The van der Waals surface area contributed by atoms with Gasteiger partial charge in [-0.15, -0.1) is 0 Å². The van der Waals surface area contributed by atoms with Crippen LogP contribution in [0.15, 0.2) is 12.4 Å². The number of nitrogens with one attached hydrogen (secondary N) is 1. The highest BCUT2D eigenvalue weighted by Gasteiger charge is 2.21. The van der Waals surface area contributed by atoms with E-state index in [2.05, 4.69) is 26.8 Å². The first-order valence-electron chi connectivity index (χ1n) is 7.16. The van der Waals surface area contributed by atoms with Gasteiger partial charge in [-0.05, 0) is 39.4 Å². The van der Waals surface area contributed by atoms with E-state index < -0.39 is 0 Å². The number of hydrogen-bond acceptors (Lipinski definition) is 3. The summed E-state index contributed by atoms with van der Waals surface area (Å²) < 4.78 is 2.13. The van der Waals surface area contributed by atoms with Crippen LogP contribution in [-0.4, -0.2) is 47.2 Å². The van der Waals surface area contributed by atoms with Crippen molar-refractivity contribution in [1.82, 2.24) is 19.8 Å². The SMILES string of the molecule is CNCCC1CCCCN1CCc1nccn1C. The molecule has 0 bridgehead atoms. The quantitative estimate of drug-likeness (QED) is 0.829. The lowest BCUT2D eigenvalue weighted by Crippen LogP contribution is -2.42. The van der Waals surface area contributed by atoms with Crippen LogP contribution in [0.3, 0.4) is 0 Å². The number of aryl methyl sites for hydroxylation is 1. The van der Waals surface area contributed by atoms with Crippen LogP contribution in [0.25, 0.3) is 0 Å². The lowest BCUT2D eigenvalue weighted by Gasteiger charge is -2.35. The molecule has 102 valence electrons. The third-order valence-corrected chi connectivity index (χ3v) is 4.02. The highest BCUT2D eigenvalue weighted by Crippen LogP contribution is 2.19. The van der Waals surface area contributed by atoms with Gasteiger partial charge < -0.3 is 9.88 Å². The molecule has 18 heavy (non-hydrogen) atoms. The zero-order valence-corrected chi connectivity index (χ0v) is 11.7. The van der Waals surface area contributed by atoms with Crippen molar-refractivity contribution in [2.75, 3.05) is 26.7 Å². The Morgan fingerprint density at radius 2 is 2.33 bits per heavy atom. The third-order valence-electron chi connectivity index (χ3n) is 4.02. The average Bonchev–Trinajstić information content (AvgIpc) is 2.80. The number of piperidine rings is 1. The summed E-state index contributed by atoms with van der Waals surface area (Å²) >= 11 is 0. The van der Waals surface area contributed by atoms with Gasteiger partial charge in [0.15, 0.2) is 0 Å². The highest BCUT2D eigenvalue weighted by atomic mass is 15.2. The van der Waals surface area contributed by atoms with Gasteiger partial charge in [0.05, 0.1) is 0 Å². The van der Waals surface area contributed by atoms with Crippen molar-refractivity contribution in [3.8, 4) is 0 Å². The predicted molar refractivity (Wildman–Crippen MR) is 74.7 cm³/mol. The van der Waals surface area contributed by atoms with Crippen molar-refractivity contribution in [2.24, 2.45) is 7.05 Å². The first-order chi connectivity index (χ1) is 8.81. The monoisotopic (exact) mass is 250 g/mol. The van der Waals surface area contributed by atoms with Crippen molar-refractivity contribution in [3.05, 3.63) is 18.2 Å². The maximum absolute atomic E-state index is 4.41. The first kappa shape index (κ1) is 13.6. The molecule has 1 aromatic heterocycles. The topological polar surface area (TPSA) is 33.1 Å². The van der Waals surface area contributed by atoms with Gasteiger partial charge in [0.2, 0.25) is 0 Å². The Bertz CT molecular complexity index is 347. The van der Waals surface area contributed by atoms with Crippen molar-refractivity contribution in [1.29, 1.82) is 0 Å². The summed E-state index contributed by atoms with van der Waals surface area (Å²) in [5.41, 5.74) is 0. The molecule has 0 saturated carbocycles. The highest BCUT2D eigenvalue weighted by molar-refractivity contribution is 4.92. The van der Waals surface area contributed by atoms with E-state index in [1.54, 1.807) is 0 Å². The van der Waals surface area contributed by atoms with E-state index in [0.29, 0.717) is 0 Å². The number of hydrogen-bond donors (Lipinski definition) is 1. The van der Waals surface area contributed by atoms with Gasteiger partial charge in [0.25, 0.3) is 0 Å². The summed E-state index contributed by atoms with van der Waals surface area (Å²) in [6, 6.07) is 0.770. The summed E-state index contributed by atoms with van der Waals surface area (Å²) in [4.78, 5) is 7.07. The zero-order valence-electron chi connectivity index (χ0n) is 11.7. The largest absolute Gasteiger partial charge is 0.338 e. The molecule has 1 aromatic rings. The summed E-state index contributed by atoms with van der Waals surface area (Å²) in [5, 5.41) is 3.27. The molecule has 1 fully saturated rings. The molecule has 4 heteroatoms. The fourth-order valence-corrected chi connectivity index (χ4v) is 2.87. The van der Waals surface area contributed by atoms with Crippen molar-refractivity contribution in [3.63, 3.8) is 0 Å². The Morgan fingerprint density at radius 3 is 3.06 bits per heavy atom. The predicted octanol–water partition coefficient (Wildman–Crippen LogP) is 1.43. The maximum Gasteiger partial charge on any atom is 0.109 e. The van der Waals surface area contributed by atoms with Gasteiger partial charge in [0.1, 0.15) is 5.82 Å². The molecule has 0 spiro atoms. The minimum atomic E-state index is 0.770. The van der Waals surface area contributed by atoms with Gasteiger partial charge >= 0.3 is 0 Å². The molecular formula is C14H26N4. The van der Waals surface area contributed by atoms with Gasteiger partial charge in [0, 0.05) is 38.4 Å². The Morgan fingerprint density at radius 1 is 1.44 bits per heavy atom. The molecule has 2 heterocycles. The Balaban J connectivity index is 1.83. The maximum atomic E-state index is 4.41. The molecule has 0 amide bonds. The van der Waals surface area contributed by atoms with Crippen LogP contribution < -0.4 is 5.32 Å². The first-order valence-corrected chi connectivity index (χ1v) is 7.16. The molecular weight excluding hydrogens is 224 g/mol. The van der Waals surface area contributed by atoms with Gasteiger partial charge in [-0.25, -0.2) is 4.98 Å². The third kappa shape index (κ3) is 3.56. The molecule has 4 nitrogen and oxygen atoms in total. The molecule has 1 aliphatic rings. The van der Waals surface area contributed by atoms with Crippen LogP contribution in [0.4, 0.5) is 0 Å². The molecule has 0 aliphatic carbocycles. The molecule has 1 unspecified atom stereocenters. The van der Waals surface area contributed by atoms with Crippen LogP contribution in [0.2, 0.25) is 0 Å². The number of aromatic nitrogens is 2. The molecule has 1 aliphatic heterocycles. The van der Waals surface area contributed by atoms with E-state index in [1.807, 2.05) is 19.4 Å². The van der Waals surface area contributed by atoms with Crippen LogP contribution in [0.5, 0.6) is 0 Å². The number of nitrogens with zero attached hydrogens (tertiary/aromatic N) is 3. The fourth-order valence-electron chi connectivity index (χ4n) is 2.87. The lowest BCUT2D eigenvalue weighted by atomic mass is 9.99. The zero-order chi connectivity index (χ0) is 12.8. The van der Waals surface area contributed by atoms with E-state index in [4.69, 9.17) is 0 Å². The van der Waals surface area contributed by atoms with Crippen molar-refractivity contribution < 1.29 is 0 Å². The number of likely N-dealkylation sites (tertiary alicyclic amines) is 1. The van der Waals surface area contributed by atoms with Crippen molar-refractivity contribution in [2.45, 2.75) is 38.1 Å². The van der Waals surface area contributed by atoms with E-state index >= 15 is 0 Å². The summed E-state index contributed by atoms with van der Waals surface area (Å²) in [6.07, 6.45) is 10.4. The van der Waals surface area contributed by atoms with Crippen molar-refractivity contribution >= 4 is 0 Å². The summed E-state index contributed by atoms with van der Waals surface area (Å²) in [5.74, 6) is 1.20. The summed E-state index contributed by atoms with van der Waals surface area (Å²) in [7, 11) is 4.12. The van der Waals surface area contributed by atoms with Crippen LogP contribution in [0, 0.1) is 0 Å². The van der Waals surface area contributed by atoms with Crippen LogP contribution >= 0.6 is 0 Å². The second-order valence-electron chi connectivity index (χ2n) is 5.28. The van der Waals surface area contributed by atoms with E-state index in [9.17, 15) is 0 Å². The second kappa shape index (κ2) is 6.90. The van der Waals surface area contributed by atoms with E-state index in [-0.39, 0.29) is 0 Å². The summed E-state index contributed by atoms with van der Waals surface area (Å²) in [6.45, 7) is 3.54. The Labute approximate surface area is 110 Å². The molecule has 0 radical (unpaired) electrons. The molecule has 1 atom stereocenters. The second-order valence-corrected chi connectivity index (χ2v) is 5.28. The minimum absolute atomic E-state index is 0.770. The average molecular weight is 250 g/mol. The molecule has 0 aromatic carbocycles. The van der Waals surface area contributed by atoms with Gasteiger partial charge in [-0.2, -0.15) is 0 Å². The van der Waals surface area contributed by atoms with E-state index in [0.717, 1.165) is 25.6 Å². The van der Waals surface area contributed by atoms with E-state index in [1.165, 1.54) is 38.1 Å². The minimum Gasteiger partial charge on any atom is -0.338 e. The molecule has 1 saturated heterocycles. The number of rotatable bonds is 6. The Kier molecular flexibility index (Phi) is 5.20. The normalized spacial score (nSPS) is 21.3. The van der Waals surface area contributed by atoms with Crippen LogP contribution in [0.1, 0.15) is 31.5 Å². The fraction of sp³-hybridized carbons (Fsp3) is 0.786. The smallest absolute Gasteiger partial charge is 0.109 e. The van der Waals surface area contributed by atoms with Gasteiger partial charge in [-0.3, -0.25) is 4.90 Å². The Hall–Kier alpha value is -0.870. The molecule has 2 rings (SSSR count). The number of imidazole rings is 1. The molecule has 1 N–H and O–H groups in total. The lowest BCUT2D eigenvalue weighted by molar-refractivity contribution is 0.141. The van der Waals surface area contributed by atoms with Gasteiger partial charge in [-0.1, -0.05) is 6.42 Å².